The maximum absolute atomic E-state index is 2.46. The first-order valence-electron chi connectivity index (χ1n) is 11.0. The van der Waals surface area contributed by atoms with E-state index in [9.17, 15) is 0 Å². The molecule has 0 saturated carbocycles. The smallest absolute Gasteiger partial charge is 1.00 e. The van der Waals surface area contributed by atoms with Gasteiger partial charge in [0.05, 0.1) is 0 Å². The predicted molar refractivity (Wildman–Crippen MR) is 129 cm³/mol. The van der Waals surface area contributed by atoms with Crippen molar-refractivity contribution in [3.8, 4) is 0 Å². The molecule has 33 heavy (non-hydrogen) atoms. The fourth-order valence-electron chi connectivity index (χ4n) is 5.90. The van der Waals surface area contributed by atoms with Crippen molar-refractivity contribution in [1.29, 1.82) is 0 Å². The van der Waals surface area contributed by atoms with E-state index in [1.807, 2.05) is 0 Å². The monoisotopic (exact) mass is 542 g/mol. The van der Waals surface area contributed by atoms with E-state index < -0.39 is 0 Å². The van der Waals surface area contributed by atoms with Crippen LogP contribution >= 0.6 is 0 Å². The summed E-state index contributed by atoms with van der Waals surface area (Å²) >= 11 is 0. The number of hydrogen-bond donors (Lipinski definition) is 0. The first-order chi connectivity index (χ1) is 14.9. The Kier molecular flexibility index (Phi) is 6.88. The van der Waals surface area contributed by atoms with Crippen LogP contribution in [0.15, 0.2) is 84.9 Å². The molecule has 160 valence electrons. The van der Waals surface area contributed by atoms with Crippen molar-refractivity contribution in [2.75, 3.05) is 0 Å². The Morgan fingerprint density at radius 3 is 1.36 bits per heavy atom. The average Bonchev–Trinajstić information content (AvgIpc) is 3.32. The van der Waals surface area contributed by atoms with Crippen LogP contribution in [0, 0.1) is 0 Å². The summed E-state index contributed by atoms with van der Waals surface area (Å²) in [7, 11) is 0. The number of aryl methyl sites for hydroxylation is 4. The molecule has 7 rings (SSSR count). The maximum atomic E-state index is 2.46. The third-order valence-electron chi connectivity index (χ3n) is 7.25. The third-order valence-corrected chi connectivity index (χ3v) is 7.25. The van der Waals surface area contributed by atoms with Crippen LogP contribution in [0.4, 0.5) is 0 Å². The van der Waals surface area contributed by atoms with Gasteiger partial charge in [-0.1, -0.05) is 84.3 Å². The second kappa shape index (κ2) is 9.38. The van der Waals surface area contributed by atoms with Crippen LogP contribution in [0.25, 0.3) is 43.1 Å². The average molecular weight is 545 g/mol. The Hall–Kier alpha value is -1.92. The molecule has 0 bridgehead atoms. The molecule has 0 spiro atoms. The van der Waals surface area contributed by atoms with Crippen molar-refractivity contribution in [1.82, 2.24) is 0 Å². The van der Waals surface area contributed by atoms with Gasteiger partial charge in [0.15, 0.2) is 0 Å². The molecule has 0 atom stereocenters. The second-order valence-electron chi connectivity index (χ2n) is 8.80. The zero-order valence-corrected chi connectivity index (χ0v) is 22.1. The Labute approximate surface area is 225 Å². The van der Waals surface area contributed by atoms with Gasteiger partial charge in [-0.05, 0) is 23.6 Å². The molecule has 1 aliphatic rings. The standard InChI is InChI=1S/C30H22.2ClH.Zr/c1-3-7-25-19(5-1)9-13-23-17-21-11-12-22-18-24-14-10-20-6-2-4-8-26(20)30(24)28(22)16-15-27(21)29(23)25;;;/h1-10,13-14,17-18H,11-12,15-16H2;2*1H;/q-2;;;+4/p-2. The van der Waals surface area contributed by atoms with Crippen LogP contribution in [0.1, 0.15) is 22.3 Å². The zero-order valence-electron chi connectivity index (χ0n) is 18.2. The van der Waals surface area contributed by atoms with E-state index in [-0.39, 0.29) is 51.0 Å². The van der Waals surface area contributed by atoms with Crippen LogP contribution < -0.4 is 24.8 Å². The first kappa shape index (κ1) is 24.2. The van der Waals surface area contributed by atoms with E-state index >= 15 is 0 Å². The van der Waals surface area contributed by atoms with E-state index in [0.29, 0.717) is 0 Å². The predicted octanol–water partition coefficient (Wildman–Crippen LogP) is 1.63. The summed E-state index contributed by atoms with van der Waals surface area (Å²) in [6.45, 7) is 0. The van der Waals surface area contributed by atoms with E-state index in [1.54, 1.807) is 22.3 Å². The van der Waals surface area contributed by atoms with Crippen LogP contribution in [0.2, 0.25) is 0 Å². The Balaban J connectivity index is 0.000000864. The van der Waals surface area contributed by atoms with Gasteiger partial charge >= 0.3 is 26.2 Å². The molecule has 0 fully saturated rings. The minimum Gasteiger partial charge on any atom is -1.00 e. The van der Waals surface area contributed by atoms with E-state index in [4.69, 9.17) is 0 Å². The molecule has 1 aliphatic carbocycles. The maximum Gasteiger partial charge on any atom is 4.00 e. The van der Waals surface area contributed by atoms with Gasteiger partial charge in [-0.2, -0.15) is 11.1 Å². The molecule has 0 amide bonds. The van der Waals surface area contributed by atoms with E-state index in [2.05, 4.69) is 84.9 Å². The Morgan fingerprint density at radius 1 is 0.485 bits per heavy atom. The second-order valence-corrected chi connectivity index (χ2v) is 8.80. The summed E-state index contributed by atoms with van der Waals surface area (Å²) in [6, 6.07) is 31.8. The molecule has 6 aromatic rings. The van der Waals surface area contributed by atoms with Crippen LogP contribution in [0.3, 0.4) is 0 Å². The summed E-state index contributed by atoms with van der Waals surface area (Å²) < 4.78 is 0. The van der Waals surface area contributed by atoms with Gasteiger partial charge in [0.2, 0.25) is 0 Å². The minimum absolute atomic E-state index is 0. The van der Waals surface area contributed by atoms with Crippen molar-refractivity contribution in [2.24, 2.45) is 0 Å². The Bertz CT molecular complexity index is 1480. The normalized spacial score (nSPS) is 12.8. The van der Waals surface area contributed by atoms with Gasteiger partial charge < -0.3 is 24.8 Å². The van der Waals surface area contributed by atoms with Gasteiger partial charge in [0.1, 0.15) is 0 Å². The minimum atomic E-state index is 0. The third kappa shape index (κ3) is 3.70. The fourth-order valence-corrected chi connectivity index (χ4v) is 5.90. The van der Waals surface area contributed by atoms with Gasteiger partial charge in [0, 0.05) is 0 Å². The molecule has 0 heterocycles. The summed E-state index contributed by atoms with van der Waals surface area (Å²) in [5.74, 6) is 0. The molecule has 0 aliphatic heterocycles. The molecular formula is C30H22Cl2Zr. The van der Waals surface area contributed by atoms with Crippen molar-refractivity contribution < 1.29 is 51.0 Å². The topological polar surface area (TPSA) is 0 Å². The number of fused-ring (bicyclic) bond motifs is 10. The van der Waals surface area contributed by atoms with Gasteiger partial charge in [-0.15, -0.1) is 56.9 Å². The molecule has 3 heteroatoms. The molecule has 0 unspecified atom stereocenters. The molecule has 0 radical (unpaired) electrons. The summed E-state index contributed by atoms with van der Waals surface area (Å²) in [5, 5.41) is 11.3. The summed E-state index contributed by atoms with van der Waals surface area (Å²) in [4.78, 5) is 0. The van der Waals surface area contributed by atoms with E-state index in [0.717, 1.165) is 25.7 Å². The quantitative estimate of drug-likeness (QED) is 0.255. The molecule has 0 N–H and O–H groups in total. The molecular weight excluding hydrogens is 522 g/mol. The SMILES string of the molecule is [Cl-].[Cl-].[Zr+4].c1ccc2c(c1)ccc1[cH-]c3c(c12)CCc1c([cH-]c2ccc4ccccc4c12)CC3. The molecule has 6 aromatic carbocycles. The largest absolute Gasteiger partial charge is 4.00 e. The van der Waals surface area contributed by atoms with Crippen molar-refractivity contribution in [3.05, 3.63) is 107 Å². The summed E-state index contributed by atoms with van der Waals surface area (Å²) in [6.07, 6.45) is 4.53. The van der Waals surface area contributed by atoms with E-state index in [1.165, 1.54) is 43.1 Å². The summed E-state index contributed by atoms with van der Waals surface area (Å²) in [5.41, 5.74) is 6.29. The van der Waals surface area contributed by atoms with Crippen LogP contribution in [-0.4, -0.2) is 0 Å². The number of rotatable bonds is 0. The fraction of sp³-hybridized carbons (Fsp3) is 0.133. The number of benzene rings is 4. The van der Waals surface area contributed by atoms with Gasteiger partial charge in [0.25, 0.3) is 0 Å². The van der Waals surface area contributed by atoms with Crippen molar-refractivity contribution in [3.63, 3.8) is 0 Å². The molecule has 0 aromatic heterocycles. The van der Waals surface area contributed by atoms with Crippen LogP contribution in [-0.2, 0) is 51.9 Å². The van der Waals surface area contributed by atoms with Crippen molar-refractivity contribution in [2.45, 2.75) is 25.7 Å². The molecule has 0 saturated heterocycles. The van der Waals surface area contributed by atoms with Crippen molar-refractivity contribution >= 4 is 43.1 Å². The Morgan fingerprint density at radius 2 is 0.909 bits per heavy atom. The molecule has 0 nitrogen and oxygen atoms in total. The number of hydrogen-bond acceptors (Lipinski definition) is 0. The first-order valence-corrected chi connectivity index (χ1v) is 11.0. The number of halogens is 2. The van der Waals surface area contributed by atoms with Gasteiger partial charge in [-0.25, -0.2) is 0 Å². The van der Waals surface area contributed by atoms with Gasteiger partial charge in [-0.3, -0.25) is 0 Å². The van der Waals surface area contributed by atoms with Crippen LogP contribution in [0.5, 0.6) is 0 Å². The zero-order chi connectivity index (χ0) is 19.7.